The number of carbonyl (C=O) groups excluding carboxylic acids is 1. The number of phenols is 1. The fourth-order valence-corrected chi connectivity index (χ4v) is 3.44. The van der Waals surface area contributed by atoms with Gasteiger partial charge in [-0.25, -0.2) is 0 Å². The molecule has 0 aliphatic carbocycles. The number of carbonyl (C=O) groups is 1. The molecule has 0 aliphatic heterocycles. The van der Waals surface area contributed by atoms with Crippen LogP contribution in [-0.4, -0.2) is 11.0 Å². The van der Waals surface area contributed by atoms with Gasteiger partial charge in [-0.3, -0.25) is 4.79 Å². The van der Waals surface area contributed by atoms with Crippen molar-refractivity contribution in [3.63, 3.8) is 0 Å². The molecule has 0 unspecified atom stereocenters. The lowest BCUT2D eigenvalue weighted by Gasteiger charge is -2.08. The molecular weight excluding hydrogens is 329 g/mol. The van der Waals surface area contributed by atoms with Crippen molar-refractivity contribution in [2.75, 3.05) is 5.32 Å². The number of rotatable bonds is 2. The van der Waals surface area contributed by atoms with Gasteiger partial charge in [-0.05, 0) is 18.2 Å². The number of hydrogen-bond donors (Lipinski definition) is 2. The Balaban J connectivity index is 1.97. The van der Waals surface area contributed by atoms with Gasteiger partial charge in [0.15, 0.2) is 5.75 Å². The number of nitrogens with one attached hydrogen (secondary N) is 1. The van der Waals surface area contributed by atoms with E-state index in [1.54, 1.807) is 5.38 Å². The summed E-state index contributed by atoms with van der Waals surface area (Å²) in [6.07, 6.45) is 0. The molecule has 0 bridgehead atoms. The average Bonchev–Trinajstić information content (AvgIpc) is 2.88. The lowest BCUT2D eigenvalue weighted by molar-refractivity contribution is 0.102. The summed E-state index contributed by atoms with van der Waals surface area (Å²) in [4.78, 5) is 12.4. The summed E-state index contributed by atoms with van der Waals surface area (Å²) in [5, 5.41) is 15.6. The largest absolute Gasteiger partial charge is 0.504 e. The van der Waals surface area contributed by atoms with Crippen molar-refractivity contribution in [1.82, 2.24) is 0 Å². The van der Waals surface area contributed by atoms with Crippen molar-refractivity contribution in [2.24, 2.45) is 0 Å². The number of fused-ring (bicyclic) bond motifs is 1. The second kappa shape index (κ2) is 5.56. The molecule has 106 valence electrons. The van der Waals surface area contributed by atoms with Gasteiger partial charge in [-0.2, -0.15) is 0 Å². The Bertz CT molecular complexity index is 845. The highest BCUT2D eigenvalue weighted by molar-refractivity contribution is 7.17. The minimum Gasteiger partial charge on any atom is -0.504 e. The van der Waals surface area contributed by atoms with Crippen LogP contribution in [0.5, 0.6) is 5.75 Å². The summed E-state index contributed by atoms with van der Waals surface area (Å²) >= 11 is 13.2. The third-order valence-electron chi connectivity index (χ3n) is 3.00. The summed E-state index contributed by atoms with van der Waals surface area (Å²) in [7, 11) is 0. The van der Waals surface area contributed by atoms with Crippen molar-refractivity contribution in [3.05, 3.63) is 57.4 Å². The molecule has 0 radical (unpaired) electrons. The molecule has 0 spiro atoms. The number of anilines is 1. The number of hydrogen-bond acceptors (Lipinski definition) is 3. The van der Waals surface area contributed by atoms with E-state index in [0.29, 0.717) is 10.6 Å². The van der Waals surface area contributed by atoms with Crippen LogP contribution in [0.25, 0.3) is 10.1 Å². The first-order valence-corrected chi connectivity index (χ1v) is 7.65. The minimum absolute atomic E-state index is 0.0907. The molecule has 6 heteroatoms. The van der Waals surface area contributed by atoms with Gasteiger partial charge in [-0.1, -0.05) is 41.4 Å². The minimum atomic E-state index is -0.318. The van der Waals surface area contributed by atoms with Crippen molar-refractivity contribution < 1.29 is 9.90 Å². The quantitative estimate of drug-likeness (QED) is 0.634. The molecule has 3 nitrogen and oxygen atoms in total. The molecule has 2 N–H and O–H groups in total. The Hall–Kier alpha value is -1.75. The normalized spacial score (nSPS) is 10.8. The summed E-state index contributed by atoms with van der Waals surface area (Å²) in [5.41, 5.74) is 0.735. The molecular formula is C15H9Cl2NO2S. The van der Waals surface area contributed by atoms with Crippen molar-refractivity contribution >= 4 is 56.2 Å². The molecule has 0 atom stereocenters. The van der Waals surface area contributed by atoms with Crippen LogP contribution < -0.4 is 5.32 Å². The van der Waals surface area contributed by atoms with E-state index in [0.717, 1.165) is 10.1 Å². The Kier molecular flexibility index (Phi) is 3.76. The first-order valence-electron chi connectivity index (χ1n) is 6.02. The summed E-state index contributed by atoms with van der Waals surface area (Å²) < 4.78 is 1.02. The van der Waals surface area contributed by atoms with Crippen LogP contribution in [0.1, 0.15) is 10.4 Å². The number of halogens is 2. The highest BCUT2D eigenvalue weighted by Crippen LogP contribution is 2.35. The van der Waals surface area contributed by atoms with Gasteiger partial charge in [0.05, 0.1) is 16.3 Å². The van der Waals surface area contributed by atoms with Crippen molar-refractivity contribution in [3.8, 4) is 5.75 Å². The lowest BCUT2D eigenvalue weighted by atomic mass is 10.1. The summed E-state index contributed by atoms with van der Waals surface area (Å²) in [5.74, 6) is -0.518. The van der Waals surface area contributed by atoms with E-state index < -0.39 is 0 Å². The number of thiophene rings is 1. The lowest BCUT2D eigenvalue weighted by Crippen LogP contribution is -2.11. The second-order valence-corrected chi connectivity index (χ2v) is 6.14. The first-order chi connectivity index (χ1) is 10.1. The van der Waals surface area contributed by atoms with E-state index in [-0.39, 0.29) is 22.4 Å². The van der Waals surface area contributed by atoms with Crippen LogP contribution in [0.4, 0.5) is 5.69 Å². The number of phenolic OH excluding ortho intramolecular Hbond substituents is 1. The maximum Gasteiger partial charge on any atom is 0.257 e. The average molecular weight is 338 g/mol. The van der Waals surface area contributed by atoms with Crippen molar-refractivity contribution in [1.29, 1.82) is 0 Å². The molecule has 1 amide bonds. The zero-order valence-electron chi connectivity index (χ0n) is 10.6. The monoisotopic (exact) mass is 337 g/mol. The van der Waals surface area contributed by atoms with Gasteiger partial charge < -0.3 is 10.4 Å². The van der Waals surface area contributed by atoms with Gasteiger partial charge in [0.25, 0.3) is 5.91 Å². The van der Waals surface area contributed by atoms with E-state index in [9.17, 15) is 9.90 Å². The van der Waals surface area contributed by atoms with Gasteiger partial charge in [0, 0.05) is 20.5 Å². The summed E-state index contributed by atoms with van der Waals surface area (Å²) in [6.45, 7) is 0. The third kappa shape index (κ3) is 2.70. The third-order valence-corrected chi connectivity index (χ3v) is 4.47. The molecule has 0 aliphatic rings. The van der Waals surface area contributed by atoms with Crippen LogP contribution in [0.15, 0.2) is 41.8 Å². The fourth-order valence-electron chi connectivity index (χ4n) is 2.00. The van der Waals surface area contributed by atoms with Crippen LogP contribution in [0.2, 0.25) is 10.0 Å². The second-order valence-electron chi connectivity index (χ2n) is 4.38. The fraction of sp³-hybridized carbons (Fsp3) is 0. The van der Waals surface area contributed by atoms with E-state index in [1.807, 2.05) is 24.3 Å². The van der Waals surface area contributed by atoms with E-state index in [4.69, 9.17) is 23.2 Å². The highest BCUT2D eigenvalue weighted by Gasteiger charge is 2.15. The number of amides is 1. The van der Waals surface area contributed by atoms with Crippen LogP contribution in [-0.2, 0) is 0 Å². The topological polar surface area (TPSA) is 49.3 Å². The standard InChI is InChI=1S/C15H9Cl2NO2S/c16-8-5-11(17)14(19)12(6-8)18-15(20)10-7-21-13-4-2-1-3-9(10)13/h1-7,19H,(H,18,20). The summed E-state index contributed by atoms with van der Waals surface area (Å²) in [6, 6.07) is 10.5. The van der Waals surface area contributed by atoms with E-state index >= 15 is 0 Å². The van der Waals surface area contributed by atoms with Crippen LogP contribution in [0, 0.1) is 0 Å². The predicted molar refractivity (Wildman–Crippen MR) is 87.9 cm³/mol. The molecule has 0 saturated carbocycles. The maximum atomic E-state index is 12.4. The Morgan fingerprint density at radius 2 is 1.95 bits per heavy atom. The zero-order chi connectivity index (χ0) is 15.0. The van der Waals surface area contributed by atoms with Crippen LogP contribution in [0.3, 0.4) is 0 Å². The predicted octanol–water partition coefficient (Wildman–Crippen LogP) is 5.17. The molecule has 3 rings (SSSR count). The SMILES string of the molecule is O=C(Nc1cc(Cl)cc(Cl)c1O)c1csc2ccccc12. The van der Waals surface area contributed by atoms with E-state index in [2.05, 4.69) is 5.32 Å². The van der Waals surface area contributed by atoms with Gasteiger partial charge in [-0.15, -0.1) is 11.3 Å². The Labute approximate surface area is 134 Å². The Morgan fingerprint density at radius 1 is 1.19 bits per heavy atom. The van der Waals surface area contributed by atoms with Gasteiger partial charge in [0.1, 0.15) is 0 Å². The zero-order valence-corrected chi connectivity index (χ0v) is 12.9. The number of benzene rings is 2. The molecule has 0 fully saturated rings. The highest BCUT2D eigenvalue weighted by atomic mass is 35.5. The van der Waals surface area contributed by atoms with Gasteiger partial charge in [0.2, 0.25) is 0 Å². The molecule has 0 saturated heterocycles. The first kappa shape index (κ1) is 14.2. The number of aromatic hydroxyl groups is 1. The smallest absolute Gasteiger partial charge is 0.257 e. The molecule has 2 aromatic carbocycles. The molecule has 1 heterocycles. The van der Waals surface area contributed by atoms with Crippen LogP contribution >= 0.6 is 34.5 Å². The van der Waals surface area contributed by atoms with Crippen molar-refractivity contribution in [2.45, 2.75) is 0 Å². The Morgan fingerprint density at radius 3 is 2.76 bits per heavy atom. The van der Waals surface area contributed by atoms with Gasteiger partial charge >= 0.3 is 0 Å². The molecule has 21 heavy (non-hydrogen) atoms. The van der Waals surface area contributed by atoms with E-state index in [1.165, 1.54) is 23.5 Å². The molecule has 3 aromatic rings. The molecule has 1 aromatic heterocycles. The maximum absolute atomic E-state index is 12.4.